The van der Waals surface area contributed by atoms with E-state index in [-0.39, 0.29) is 17.9 Å². The molecule has 0 saturated heterocycles. The largest absolute Gasteiger partial charge is 0.466 e. The second-order valence-corrected chi connectivity index (χ2v) is 6.80. The molecule has 0 aromatic heterocycles. The smallest absolute Gasteiger partial charge is 0.308 e. The average Bonchev–Trinajstić information content (AvgIpc) is 2.45. The lowest BCUT2D eigenvalue weighted by Crippen LogP contribution is -2.32. The third-order valence-corrected chi connectivity index (χ3v) is 4.97. The molecule has 21 heavy (non-hydrogen) atoms. The van der Waals surface area contributed by atoms with E-state index in [1.807, 2.05) is 26.0 Å². The Morgan fingerprint density at radius 1 is 1.48 bits per heavy atom. The quantitative estimate of drug-likeness (QED) is 0.758. The molecule has 1 aliphatic rings. The molecular formula is C16H21BrClNO2. The van der Waals surface area contributed by atoms with Crippen LogP contribution in [0.25, 0.3) is 0 Å². The molecule has 1 aromatic carbocycles. The van der Waals surface area contributed by atoms with E-state index in [0.29, 0.717) is 6.61 Å². The zero-order chi connectivity index (χ0) is 15.4. The summed E-state index contributed by atoms with van der Waals surface area (Å²) in [4.78, 5) is 11.9. The molecule has 0 bridgehead atoms. The van der Waals surface area contributed by atoms with Gasteiger partial charge >= 0.3 is 5.97 Å². The summed E-state index contributed by atoms with van der Waals surface area (Å²) in [7, 11) is 0. The van der Waals surface area contributed by atoms with Crippen LogP contribution in [0.2, 0.25) is 5.02 Å². The summed E-state index contributed by atoms with van der Waals surface area (Å²) in [5, 5.41) is 4.25. The molecular weight excluding hydrogens is 354 g/mol. The van der Waals surface area contributed by atoms with Gasteiger partial charge in [-0.25, -0.2) is 0 Å². The van der Waals surface area contributed by atoms with Crippen LogP contribution in [-0.4, -0.2) is 18.6 Å². The van der Waals surface area contributed by atoms with Gasteiger partial charge < -0.3 is 10.1 Å². The number of nitrogens with one attached hydrogen (secondary N) is 1. The highest BCUT2D eigenvalue weighted by Gasteiger charge is 2.28. The standard InChI is InChI=1S/C16H21BrClNO2/c1-3-21-16(20)11-5-4-6-12(8-11)19-15-9-14(18)10(2)7-13(15)17/h7,9,11-12,19H,3-6,8H2,1-2H3. The molecule has 116 valence electrons. The van der Waals surface area contributed by atoms with Crippen molar-refractivity contribution in [1.29, 1.82) is 0 Å². The summed E-state index contributed by atoms with van der Waals surface area (Å²) in [5.41, 5.74) is 2.03. The first-order valence-corrected chi connectivity index (χ1v) is 8.57. The van der Waals surface area contributed by atoms with Gasteiger partial charge in [-0.05, 0) is 66.7 Å². The van der Waals surface area contributed by atoms with Crippen LogP contribution in [-0.2, 0) is 9.53 Å². The van der Waals surface area contributed by atoms with E-state index in [2.05, 4.69) is 21.2 Å². The van der Waals surface area contributed by atoms with E-state index in [9.17, 15) is 4.79 Å². The molecule has 3 nitrogen and oxygen atoms in total. The fourth-order valence-corrected chi connectivity index (χ4v) is 3.51. The van der Waals surface area contributed by atoms with Crippen molar-refractivity contribution in [2.75, 3.05) is 11.9 Å². The predicted octanol–water partition coefficient (Wildman–Crippen LogP) is 4.94. The molecule has 0 heterocycles. The molecule has 2 rings (SSSR count). The number of benzene rings is 1. The highest BCUT2D eigenvalue weighted by Crippen LogP contribution is 2.33. The van der Waals surface area contributed by atoms with Crippen LogP contribution in [0.4, 0.5) is 5.69 Å². The molecule has 2 atom stereocenters. The fourth-order valence-electron chi connectivity index (χ4n) is 2.77. The topological polar surface area (TPSA) is 38.3 Å². The SMILES string of the molecule is CCOC(=O)C1CCCC(Nc2cc(Cl)c(C)cc2Br)C1. The number of halogens is 2. The lowest BCUT2D eigenvalue weighted by Gasteiger charge is -2.29. The van der Waals surface area contributed by atoms with Crippen LogP contribution in [0, 0.1) is 12.8 Å². The van der Waals surface area contributed by atoms with Crippen LogP contribution >= 0.6 is 27.5 Å². The van der Waals surface area contributed by atoms with Gasteiger partial charge in [-0.15, -0.1) is 0 Å². The van der Waals surface area contributed by atoms with E-state index >= 15 is 0 Å². The van der Waals surface area contributed by atoms with Crippen molar-refractivity contribution in [3.05, 3.63) is 27.2 Å². The second-order valence-electron chi connectivity index (χ2n) is 5.54. The van der Waals surface area contributed by atoms with Gasteiger partial charge in [-0.2, -0.15) is 0 Å². The molecule has 0 amide bonds. The lowest BCUT2D eigenvalue weighted by atomic mass is 9.85. The molecule has 0 aliphatic heterocycles. The van der Waals surface area contributed by atoms with Gasteiger partial charge in [-0.1, -0.05) is 18.0 Å². The highest BCUT2D eigenvalue weighted by molar-refractivity contribution is 9.10. The number of anilines is 1. The van der Waals surface area contributed by atoms with Crippen LogP contribution < -0.4 is 5.32 Å². The van der Waals surface area contributed by atoms with E-state index in [1.165, 1.54) is 0 Å². The van der Waals surface area contributed by atoms with Crippen molar-refractivity contribution < 1.29 is 9.53 Å². The molecule has 1 aliphatic carbocycles. The number of rotatable bonds is 4. The monoisotopic (exact) mass is 373 g/mol. The first kappa shape index (κ1) is 16.6. The number of aryl methyl sites for hydroxylation is 1. The molecule has 1 fully saturated rings. The first-order chi connectivity index (χ1) is 10.0. The zero-order valence-electron chi connectivity index (χ0n) is 12.4. The maximum absolute atomic E-state index is 11.9. The summed E-state index contributed by atoms with van der Waals surface area (Å²) in [6.45, 7) is 4.28. The highest BCUT2D eigenvalue weighted by atomic mass is 79.9. The van der Waals surface area contributed by atoms with Gasteiger partial charge in [0.2, 0.25) is 0 Å². The van der Waals surface area contributed by atoms with Crippen molar-refractivity contribution in [3.63, 3.8) is 0 Å². The Morgan fingerprint density at radius 3 is 2.95 bits per heavy atom. The normalized spacial score (nSPS) is 21.9. The third kappa shape index (κ3) is 4.36. The second kappa shape index (κ2) is 7.50. The van der Waals surface area contributed by atoms with E-state index in [1.54, 1.807) is 0 Å². The fraction of sp³-hybridized carbons (Fsp3) is 0.562. The Balaban J connectivity index is 2.03. The molecule has 2 unspecified atom stereocenters. The molecule has 0 spiro atoms. The van der Waals surface area contributed by atoms with Gasteiger partial charge in [0.05, 0.1) is 18.2 Å². The molecule has 1 N–H and O–H groups in total. The lowest BCUT2D eigenvalue weighted by molar-refractivity contribution is -0.149. The Kier molecular flexibility index (Phi) is 5.94. The summed E-state index contributed by atoms with van der Waals surface area (Å²) in [6.07, 6.45) is 3.84. The van der Waals surface area contributed by atoms with Crippen molar-refractivity contribution in [2.45, 2.75) is 45.6 Å². The maximum Gasteiger partial charge on any atom is 0.308 e. The Bertz CT molecular complexity index is 521. The minimum absolute atomic E-state index is 0.0101. The van der Waals surface area contributed by atoms with E-state index < -0.39 is 0 Å². The van der Waals surface area contributed by atoms with Crippen LogP contribution in [0.15, 0.2) is 16.6 Å². The third-order valence-electron chi connectivity index (χ3n) is 3.90. The minimum atomic E-state index is -0.0648. The predicted molar refractivity (Wildman–Crippen MR) is 89.9 cm³/mol. The number of hydrogen-bond donors (Lipinski definition) is 1. The number of esters is 1. The molecule has 5 heteroatoms. The number of carbonyl (C=O) groups is 1. The molecule has 1 saturated carbocycles. The first-order valence-electron chi connectivity index (χ1n) is 7.40. The van der Waals surface area contributed by atoms with E-state index in [0.717, 1.165) is 46.4 Å². The number of ether oxygens (including phenoxy) is 1. The Morgan fingerprint density at radius 2 is 2.24 bits per heavy atom. The molecule has 0 radical (unpaired) electrons. The van der Waals surface area contributed by atoms with Crippen molar-refractivity contribution >= 4 is 39.2 Å². The Labute approximate surface area is 139 Å². The minimum Gasteiger partial charge on any atom is -0.466 e. The van der Waals surface area contributed by atoms with Gasteiger partial charge in [0, 0.05) is 15.5 Å². The van der Waals surface area contributed by atoms with Crippen LogP contribution in [0.5, 0.6) is 0 Å². The summed E-state index contributed by atoms with van der Waals surface area (Å²) >= 11 is 9.75. The summed E-state index contributed by atoms with van der Waals surface area (Å²) in [6, 6.07) is 4.23. The van der Waals surface area contributed by atoms with Crippen LogP contribution in [0.3, 0.4) is 0 Å². The Hall–Kier alpha value is -0.740. The number of carbonyl (C=O) groups excluding carboxylic acids is 1. The summed E-state index contributed by atoms with van der Waals surface area (Å²) in [5.74, 6) is -0.0547. The summed E-state index contributed by atoms with van der Waals surface area (Å²) < 4.78 is 6.14. The van der Waals surface area contributed by atoms with Crippen molar-refractivity contribution in [3.8, 4) is 0 Å². The van der Waals surface area contributed by atoms with Gasteiger partial charge in [0.15, 0.2) is 0 Å². The van der Waals surface area contributed by atoms with Crippen molar-refractivity contribution in [2.24, 2.45) is 5.92 Å². The van der Waals surface area contributed by atoms with Gasteiger partial charge in [0.25, 0.3) is 0 Å². The molecule has 1 aromatic rings. The van der Waals surface area contributed by atoms with Crippen molar-refractivity contribution in [1.82, 2.24) is 0 Å². The van der Waals surface area contributed by atoms with Gasteiger partial charge in [0.1, 0.15) is 0 Å². The van der Waals surface area contributed by atoms with E-state index in [4.69, 9.17) is 16.3 Å². The average molecular weight is 375 g/mol. The van der Waals surface area contributed by atoms with Crippen LogP contribution in [0.1, 0.15) is 38.2 Å². The van der Waals surface area contributed by atoms with Gasteiger partial charge in [-0.3, -0.25) is 4.79 Å². The number of hydrogen-bond acceptors (Lipinski definition) is 3. The maximum atomic E-state index is 11.9. The zero-order valence-corrected chi connectivity index (χ0v) is 14.8.